The third-order valence-electron chi connectivity index (χ3n) is 3.13. The molecule has 0 spiro atoms. The Bertz CT molecular complexity index is 434. The van der Waals surface area contributed by atoms with Crippen LogP contribution in [-0.4, -0.2) is 61.8 Å². The normalized spacial score (nSPS) is 31.7. The predicted molar refractivity (Wildman–Crippen MR) is 76.3 cm³/mol. The van der Waals surface area contributed by atoms with E-state index in [2.05, 4.69) is 4.74 Å². The Morgan fingerprint density at radius 3 is 2.26 bits per heavy atom. The highest BCUT2D eigenvalue weighted by molar-refractivity contribution is 7.53. The van der Waals surface area contributed by atoms with Crippen LogP contribution in [0.3, 0.4) is 0 Å². The van der Waals surface area contributed by atoms with Crippen molar-refractivity contribution in [2.75, 3.05) is 6.61 Å². The molecule has 0 aromatic heterocycles. The quantitative estimate of drug-likeness (QED) is 0.554. The summed E-state index contributed by atoms with van der Waals surface area (Å²) in [5, 5.41) is 0. The second-order valence-corrected chi connectivity index (χ2v) is 8.15. The van der Waals surface area contributed by atoms with Crippen molar-refractivity contribution >= 4 is 15.4 Å². The van der Waals surface area contributed by atoms with Crippen molar-refractivity contribution in [3.8, 4) is 0 Å². The predicted octanol–water partition coefficient (Wildman–Crippen LogP) is 2.19. The van der Waals surface area contributed by atoms with Crippen LogP contribution in [0.15, 0.2) is 0 Å². The molecule has 0 aliphatic carbocycles. The SMILES string of the molecule is [B][C@@H]1O[C@H](COC(C)C)[C@@H](OP(=O)(O)C(C)C)[C@H]1OC(F)(F)F. The summed E-state index contributed by atoms with van der Waals surface area (Å²) in [6.45, 7) is 6.12. The summed E-state index contributed by atoms with van der Waals surface area (Å²) in [7, 11) is 1.35. The maximum Gasteiger partial charge on any atom is 0.522 e. The summed E-state index contributed by atoms with van der Waals surface area (Å²) in [6.07, 6.45) is -9.51. The molecule has 0 aromatic carbocycles. The number of ether oxygens (including phenoxy) is 3. The smallest absolute Gasteiger partial charge is 0.377 e. The molecule has 23 heavy (non-hydrogen) atoms. The molecule has 2 radical (unpaired) electrons. The van der Waals surface area contributed by atoms with E-state index in [0.29, 0.717) is 0 Å². The molecule has 1 heterocycles. The Kier molecular flexibility index (Phi) is 7.14. The van der Waals surface area contributed by atoms with E-state index < -0.39 is 43.9 Å². The fourth-order valence-corrected chi connectivity index (χ4v) is 2.74. The molecule has 6 nitrogen and oxygen atoms in total. The lowest BCUT2D eigenvalue weighted by molar-refractivity contribution is -0.348. The van der Waals surface area contributed by atoms with Crippen LogP contribution in [0.1, 0.15) is 27.7 Å². The van der Waals surface area contributed by atoms with Gasteiger partial charge in [-0.2, -0.15) is 0 Å². The first kappa shape index (κ1) is 20.9. The molecular formula is C12H21BF3O6P. The maximum atomic E-state index is 12.5. The molecule has 1 aliphatic heterocycles. The van der Waals surface area contributed by atoms with E-state index in [0.717, 1.165) is 0 Å². The highest BCUT2D eigenvalue weighted by Crippen LogP contribution is 2.51. The Balaban J connectivity index is 2.96. The van der Waals surface area contributed by atoms with Crippen LogP contribution in [-0.2, 0) is 23.3 Å². The van der Waals surface area contributed by atoms with Crippen molar-refractivity contribution in [3.63, 3.8) is 0 Å². The first-order valence-corrected chi connectivity index (χ1v) is 8.76. The van der Waals surface area contributed by atoms with Gasteiger partial charge in [-0.15, -0.1) is 13.2 Å². The lowest BCUT2D eigenvalue weighted by Gasteiger charge is -2.28. The molecule has 0 amide bonds. The van der Waals surface area contributed by atoms with Crippen LogP contribution < -0.4 is 0 Å². The maximum absolute atomic E-state index is 12.5. The Hall–Kier alpha value is -0.115. The minimum absolute atomic E-state index is 0.147. The number of rotatable bonds is 7. The van der Waals surface area contributed by atoms with Gasteiger partial charge in [-0.05, 0) is 13.8 Å². The van der Waals surface area contributed by atoms with E-state index in [1.54, 1.807) is 13.8 Å². The average molecular weight is 360 g/mol. The molecule has 1 rings (SSSR count). The second-order valence-electron chi connectivity index (χ2n) is 5.78. The van der Waals surface area contributed by atoms with Gasteiger partial charge < -0.3 is 14.4 Å². The highest BCUT2D eigenvalue weighted by Gasteiger charge is 2.51. The fraction of sp³-hybridized carbons (Fsp3) is 1.00. The van der Waals surface area contributed by atoms with Crippen LogP contribution in [0.5, 0.6) is 0 Å². The molecule has 1 unspecified atom stereocenters. The number of hydrogen-bond acceptors (Lipinski definition) is 5. The molecule has 1 N–H and O–H groups in total. The van der Waals surface area contributed by atoms with E-state index >= 15 is 0 Å². The minimum Gasteiger partial charge on any atom is -0.377 e. The van der Waals surface area contributed by atoms with Crippen molar-refractivity contribution in [1.82, 2.24) is 0 Å². The van der Waals surface area contributed by atoms with Gasteiger partial charge in [-0.3, -0.25) is 13.8 Å². The van der Waals surface area contributed by atoms with E-state index in [-0.39, 0.29) is 12.7 Å². The molecule has 1 saturated heterocycles. The summed E-state index contributed by atoms with van der Waals surface area (Å²) >= 11 is 0. The van der Waals surface area contributed by atoms with E-state index in [9.17, 15) is 22.6 Å². The monoisotopic (exact) mass is 360 g/mol. The van der Waals surface area contributed by atoms with Crippen LogP contribution in [0, 0.1) is 0 Å². The van der Waals surface area contributed by atoms with Crippen molar-refractivity contribution in [2.24, 2.45) is 0 Å². The Labute approximate surface area is 134 Å². The third-order valence-corrected chi connectivity index (χ3v) is 4.99. The minimum atomic E-state index is -4.99. The molecule has 1 fully saturated rings. The highest BCUT2D eigenvalue weighted by atomic mass is 31.2. The van der Waals surface area contributed by atoms with E-state index in [1.165, 1.54) is 13.8 Å². The topological polar surface area (TPSA) is 74.2 Å². The fourth-order valence-electron chi connectivity index (χ4n) is 1.89. The first-order valence-electron chi connectivity index (χ1n) is 7.11. The number of halogens is 3. The van der Waals surface area contributed by atoms with Gasteiger partial charge >= 0.3 is 14.0 Å². The molecule has 11 heteroatoms. The molecule has 1 aliphatic rings. The molecule has 0 saturated carbocycles. The van der Waals surface area contributed by atoms with Gasteiger partial charge in [0.15, 0.2) is 0 Å². The Morgan fingerprint density at radius 2 is 1.83 bits per heavy atom. The number of alkyl halides is 3. The molecule has 134 valence electrons. The van der Waals surface area contributed by atoms with Crippen molar-refractivity contribution in [3.05, 3.63) is 0 Å². The van der Waals surface area contributed by atoms with Crippen molar-refractivity contribution in [1.29, 1.82) is 0 Å². The summed E-state index contributed by atoms with van der Waals surface area (Å²) in [5.41, 5.74) is -0.808. The van der Waals surface area contributed by atoms with Gasteiger partial charge in [-0.25, -0.2) is 0 Å². The van der Waals surface area contributed by atoms with Crippen molar-refractivity contribution < 1.29 is 41.4 Å². The molecule has 0 bridgehead atoms. The summed E-state index contributed by atoms with van der Waals surface area (Å²) in [4.78, 5) is 9.81. The van der Waals surface area contributed by atoms with Crippen LogP contribution in [0.2, 0.25) is 0 Å². The van der Waals surface area contributed by atoms with Gasteiger partial charge in [0.25, 0.3) is 0 Å². The van der Waals surface area contributed by atoms with E-state index in [1.807, 2.05) is 0 Å². The number of hydrogen-bond donors (Lipinski definition) is 1. The molecule has 0 aromatic rings. The summed E-state index contributed by atoms with van der Waals surface area (Å²) in [6, 6.07) is -1.46. The van der Waals surface area contributed by atoms with Crippen LogP contribution in [0.25, 0.3) is 0 Å². The zero-order chi connectivity index (χ0) is 18.0. The van der Waals surface area contributed by atoms with Gasteiger partial charge in [0, 0.05) is 6.00 Å². The summed E-state index contributed by atoms with van der Waals surface area (Å²) in [5.74, 6) is 0. The zero-order valence-corrected chi connectivity index (χ0v) is 14.2. The standard InChI is InChI=1S/C12H21BF3O6P/c1-6(2)19-5-8-9(22-23(17,18)7(3)4)10(11(13)20-8)21-12(14,15)16/h6-11H,5H2,1-4H3,(H,17,18)/t8-,9-,10-,11-/m1/s1. The van der Waals surface area contributed by atoms with E-state index in [4.69, 9.17) is 21.8 Å². The average Bonchev–Trinajstić information content (AvgIpc) is 2.62. The first-order chi connectivity index (χ1) is 10.3. The zero-order valence-electron chi connectivity index (χ0n) is 13.3. The lowest BCUT2D eigenvalue weighted by Crippen LogP contribution is -2.42. The molecular weight excluding hydrogens is 339 g/mol. The lowest BCUT2D eigenvalue weighted by atomic mass is 9.93. The van der Waals surface area contributed by atoms with Crippen molar-refractivity contribution in [2.45, 2.75) is 70.1 Å². The largest absolute Gasteiger partial charge is 0.522 e. The van der Waals surface area contributed by atoms with Crippen LogP contribution in [0.4, 0.5) is 13.2 Å². The van der Waals surface area contributed by atoms with Gasteiger partial charge in [-0.1, -0.05) is 13.8 Å². The molecule has 5 atom stereocenters. The van der Waals surface area contributed by atoms with Gasteiger partial charge in [0.2, 0.25) is 0 Å². The van der Waals surface area contributed by atoms with Gasteiger partial charge in [0.1, 0.15) is 26.2 Å². The second kappa shape index (κ2) is 7.84. The van der Waals surface area contributed by atoms with Crippen LogP contribution >= 0.6 is 7.60 Å². The van der Waals surface area contributed by atoms with Gasteiger partial charge in [0.05, 0.1) is 18.4 Å². The summed E-state index contributed by atoms with van der Waals surface area (Å²) < 4.78 is 69.1. The third kappa shape index (κ3) is 6.36. The Morgan fingerprint density at radius 1 is 1.26 bits per heavy atom.